The number of hydrogen-bond donors (Lipinski definition) is 1. The van der Waals surface area contributed by atoms with Gasteiger partial charge in [0, 0.05) is 30.7 Å². The number of nitrogens with zero attached hydrogens (tertiary/aromatic N) is 3. The molecule has 3 rings (SSSR count). The molecule has 92 valence electrons. The van der Waals surface area contributed by atoms with Crippen molar-refractivity contribution in [3.05, 3.63) is 47.3 Å². The molecule has 2 heterocycles. The number of nitrogens with two attached hydrogens (primary N) is 1. The average molecular weight is 240 g/mol. The van der Waals surface area contributed by atoms with Crippen molar-refractivity contribution >= 4 is 11.6 Å². The number of hydrogen-bond acceptors (Lipinski definition) is 4. The van der Waals surface area contributed by atoms with Gasteiger partial charge in [0.2, 0.25) is 5.95 Å². The van der Waals surface area contributed by atoms with E-state index in [0.717, 1.165) is 36.8 Å². The van der Waals surface area contributed by atoms with E-state index >= 15 is 0 Å². The highest BCUT2D eigenvalue weighted by Crippen LogP contribution is 2.23. The maximum absolute atomic E-state index is 5.84. The van der Waals surface area contributed by atoms with E-state index in [4.69, 9.17) is 5.73 Å². The van der Waals surface area contributed by atoms with E-state index in [0.29, 0.717) is 0 Å². The number of nitrogen functional groups attached to an aromatic ring is 1. The first-order chi connectivity index (χ1) is 8.72. The Morgan fingerprint density at radius 2 is 2.11 bits per heavy atom. The molecule has 0 saturated carbocycles. The molecule has 4 nitrogen and oxygen atoms in total. The molecule has 0 spiro atoms. The molecule has 4 heteroatoms. The summed E-state index contributed by atoms with van der Waals surface area (Å²) in [6.45, 7) is 3.78. The molecule has 0 amide bonds. The summed E-state index contributed by atoms with van der Waals surface area (Å²) in [6.07, 6.45) is 2.83. The lowest BCUT2D eigenvalue weighted by Gasteiger charge is -2.29. The third kappa shape index (κ3) is 2.01. The first kappa shape index (κ1) is 11.0. The number of aromatic nitrogens is 2. The van der Waals surface area contributed by atoms with Crippen LogP contribution in [0.25, 0.3) is 0 Å². The Morgan fingerprint density at radius 3 is 2.94 bits per heavy atom. The van der Waals surface area contributed by atoms with Crippen LogP contribution in [-0.4, -0.2) is 16.5 Å². The van der Waals surface area contributed by atoms with Crippen LogP contribution in [0.1, 0.15) is 16.8 Å². The van der Waals surface area contributed by atoms with Gasteiger partial charge in [0.25, 0.3) is 0 Å². The van der Waals surface area contributed by atoms with Gasteiger partial charge in [0.1, 0.15) is 0 Å². The maximum atomic E-state index is 5.84. The van der Waals surface area contributed by atoms with Crippen LogP contribution >= 0.6 is 0 Å². The molecule has 18 heavy (non-hydrogen) atoms. The van der Waals surface area contributed by atoms with E-state index in [-0.39, 0.29) is 0 Å². The lowest BCUT2D eigenvalue weighted by atomic mass is 9.99. The zero-order valence-corrected chi connectivity index (χ0v) is 10.4. The number of aryl methyl sites for hydroxylation is 1. The number of rotatable bonds is 1. The monoisotopic (exact) mass is 240 g/mol. The van der Waals surface area contributed by atoms with Gasteiger partial charge < -0.3 is 10.6 Å². The smallest absolute Gasteiger partial charge is 0.225 e. The largest absolute Gasteiger partial charge is 0.399 e. The summed E-state index contributed by atoms with van der Waals surface area (Å²) < 4.78 is 0. The standard InChI is InChI=1S/C14H16N4/c1-10-4-6-16-14(17-10)18-7-5-11-2-3-13(15)8-12(11)9-18/h2-4,6,8H,5,7,9,15H2,1H3. The molecule has 1 aromatic carbocycles. The molecule has 1 aliphatic heterocycles. The van der Waals surface area contributed by atoms with Crippen molar-refractivity contribution in [2.24, 2.45) is 0 Å². The van der Waals surface area contributed by atoms with E-state index in [1.165, 1.54) is 11.1 Å². The third-order valence-electron chi connectivity index (χ3n) is 3.31. The maximum Gasteiger partial charge on any atom is 0.225 e. The van der Waals surface area contributed by atoms with E-state index in [1.54, 1.807) is 0 Å². The SMILES string of the molecule is Cc1ccnc(N2CCc3ccc(N)cc3C2)n1. The third-order valence-corrected chi connectivity index (χ3v) is 3.31. The van der Waals surface area contributed by atoms with Crippen molar-refractivity contribution in [2.45, 2.75) is 19.9 Å². The van der Waals surface area contributed by atoms with Gasteiger partial charge in [-0.1, -0.05) is 6.07 Å². The summed E-state index contributed by atoms with van der Waals surface area (Å²) in [5.41, 5.74) is 10.3. The number of fused-ring (bicyclic) bond motifs is 1. The molecule has 1 aliphatic rings. The quantitative estimate of drug-likeness (QED) is 0.774. The van der Waals surface area contributed by atoms with Crippen LogP contribution < -0.4 is 10.6 Å². The number of anilines is 2. The fourth-order valence-corrected chi connectivity index (χ4v) is 2.34. The van der Waals surface area contributed by atoms with E-state index in [2.05, 4.69) is 27.0 Å². The molecule has 0 radical (unpaired) electrons. The summed E-state index contributed by atoms with van der Waals surface area (Å²) >= 11 is 0. The molecular weight excluding hydrogens is 224 g/mol. The van der Waals surface area contributed by atoms with E-state index in [9.17, 15) is 0 Å². The minimum atomic E-state index is 0.808. The van der Waals surface area contributed by atoms with Crippen LogP contribution in [0.5, 0.6) is 0 Å². The lowest BCUT2D eigenvalue weighted by Crippen LogP contribution is -2.31. The molecule has 0 bridgehead atoms. The van der Waals surface area contributed by atoms with Gasteiger partial charge in [-0.3, -0.25) is 0 Å². The molecule has 2 N–H and O–H groups in total. The van der Waals surface area contributed by atoms with Crippen LogP contribution in [0.4, 0.5) is 11.6 Å². The molecule has 2 aromatic rings. The molecular formula is C14H16N4. The Bertz CT molecular complexity index is 580. The minimum absolute atomic E-state index is 0.808. The Balaban J connectivity index is 1.90. The van der Waals surface area contributed by atoms with Crippen LogP contribution in [0.15, 0.2) is 30.5 Å². The van der Waals surface area contributed by atoms with Gasteiger partial charge in [-0.25, -0.2) is 9.97 Å². The molecule has 0 fully saturated rings. The van der Waals surface area contributed by atoms with Gasteiger partial charge in [-0.2, -0.15) is 0 Å². The first-order valence-electron chi connectivity index (χ1n) is 6.14. The highest BCUT2D eigenvalue weighted by atomic mass is 15.2. The summed E-state index contributed by atoms with van der Waals surface area (Å²) in [6, 6.07) is 8.06. The second-order valence-corrected chi connectivity index (χ2v) is 4.70. The lowest BCUT2D eigenvalue weighted by molar-refractivity contribution is 0.706. The Kier molecular flexibility index (Phi) is 2.63. The fraction of sp³-hybridized carbons (Fsp3) is 0.286. The average Bonchev–Trinajstić information content (AvgIpc) is 2.38. The summed E-state index contributed by atoms with van der Waals surface area (Å²) in [7, 11) is 0. The van der Waals surface area contributed by atoms with Gasteiger partial charge in [0.05, 0.1) is 0 Å². The van der Waals surface area contributed by atoms with E-state index in [1.807, 2.05) is 25.3 Å². The Hall–Kier alpha value is -2.10. The summed E-state index contributed by atoms with van der Waals surface area (Å²) in [5.74, 6) is 0.808. The van der Waals surface area contributed by atoms with Gasteiger partial charge in [-0.05, 0) is 42.7 Å². The van der Waals surface area contributed by atoms with Crippen LogP contribution in [0.2, 0.25) is 0 Å². The molecule has 0 aliphatic carbocycles. The van der Waals surface area contributed by atoms with Crippen molar-refractivity contribution in [2.75, 3.05) is 17.2 Å². The second-order valence-electron chi connectivity index (χ2n) is 4.70. The number of benzene rings is 1. The van der Waals surface area contributed by atoms with Crippen molar-refractivity contribution in [1.82, 2.24) is 9.97 Å². The highest BCUT2D eigenvalue weighted by Gasteiger charge is 2.18. The van der Waals surface area contributed by atoms with Gasteiger partial charge >= 0.3 is 0 Å². The Morgan fingerprint density at radius 1 is 1.22 bits per heavy atom. The fourth-order valence-electron chi connectivity index (χ4n) is 2.34. The predicted octanol–water partition coefficient (Wildman–Crippen LogP) is 1.93. The predicted molar refractivity (Wildman–Crippen MR) is 72.4 cm³/mol. The zero-order valence-electron chi connectivity index (χ0n) is 10.4. The molecule has 0 atom stereocenters. The minimum Gasteiger partial charge on any atom is -0.399 e. The normalized spacial score (nSPS) is 14.4. The van der Waals surface area contributed by atoms with Crippen molar-refractivity contribution in [3.8, 4) is 0 Å². The zero-order chi connectivity index (χ0) is 12.5. The summed E-state index contributed by atoms with van der Waals surface area (Å²) in [4.78, 5) is 11.0. The van der Waals surface area contributed by atoms with Crippen LogP contribution in [0.3, 0.4) is 0 Å². The molecule has 0 saturated heterocycles. The van der Waals surface area contributed by atoms with Crippen LogP contribution in [-0.2, 0) is 13.0 Å². The topological polar surface area (TPSA) is 55.0 Å². The Labute approximate surface area is 106 Å². The van der Waals surface area contributed by atoms with Gasteiger partial charge in [-0.15, -0.1) is 0 Å². The highest BCUT2D eigenvalue weighted by molar-refractivity contribution is 5.48. The first-order valence-corrected chi connectivity index (χ1v) is 6.14. The van der Waals surface area contributed by atoms with Crippen molar-refractivity contribution in [3.63, 3.8) is 0 Å². The second kappa shape index (κ2) is 4.29. The summed E-state index contributed by atoms with van der Waals surface area (Å²) in [5, 5.41) is 0. The van der Waals surface area contributed by atoms with Crippen LogP contribution in [0, 0.1) is 6.92 Å². The van der Waals surface area contributed by atoms with Crippen molar-refractivity contribution in [1.29, 1.82) is 0 Å². The van der Waals surface area contributed by atoms with Gasteiger partial charge in [0.15, 0.2) is 0 Å². The van der Waals surface area contributed by atoms with E-state index < -0.39 is 0 Å². The molecule has 0 unspecified atom stereocenters. The van der Waals surface area contributed by atoms with Crippen molar-refractivity contribution < 1.29 is 0 Å². The molecule has 1 aromatic heterocycles.